The summed E-state index contributed by atoms with van der Waals surface area (Å²) >= 11 is 0. The summed E-state index contributed by atoms with van der Waals surface area (Å²) in [6, 6.07) is 8.18. The quantitative estimate of drug-likeness (QED) is 0.580. The van der Waals surface area contributed by atoms with Crippen molar-refractivity contribution in [2.75, 3.05) is 0 Å². The standard InChI is InChI=1S/C13H18N2/c1-10-5-4-8-12(9-10)15-13(14)11-6-2-3-7-11/h4-5,8-9,11H,2-3,6-7H2,1H3,(H2,14,15). The maximum absolute atomic E-state index is 6.01. The lowest BCUT2D eigenvalue weighted by atomic mass is 10.1. The summed E-state index contributed by atoms with van der Waals surface area (Å²) in [7, 11) is 0. The molecule has 0 unspecified atom stereocenters. The average molecular weight is 202 g/mol. The SMILES string of the molecule is Cc1cccc(N=C(N)C2CCCC2)c1. The maximum atomic E-state index is 6.01. The minimum absolute atomic E-state index is 0.519. The molecule has 2 heteroatoms. The van der Waals surface area contributed by atoms with Crippen LogP contribution in [-0.2, 0) is 0 Å². The van der Waals surface area contributed by atoms with E-state index in [4.69, 9.17) is 5.73 Å². The molecule has 1 aromatic rings. The molecule has 0 bridgehead atoms. The monoisotopic (exact) mass is 202 g/mol. The van der Waals surface area contributed by atoms with Crippen molar-refractivity contribution in [2.24, 2.45) is 16.6 Å². The van der Waals surface area contributed by atoms with Gasteiger partial charge in [0.2, 0.25) is 0 Å². The molecule has 1 aromatic carbocycles. The molecule has 0 heterocycles. The van der Waals surface area contributed by atoms with Crippen molar-refractivity contribution in [2.45, 2.75) is 32.6 Å². The molecule has 2 nitrogen and oxygen atoms in total. The minimum atomic E-state index is 0.519. The number of hydrogen-bond donors (Lipinski definition) is 1. The molecule has 0 saturated heterocycles. The summed E-state index contributed by atoms with van der Waals surface area (Å²) < 4.78 is 0. The predicted octanol–water partition coefficient (Wildman–Crippen LogP) is 3.17. The van der Waals surface area contributed by atoms with Crippen molar-refractivity contribution in [3.8, 4) is 0 Å². The van der Waals surface area contributed by atoms with E-state index in [9.17, 15) is 0 Å². The van der Waals surface area contributed by atoms with E-state index in [2.05, 4.69) is 24.0 Å². The first-order valence-corrected chi connectivity index (χ1v) is 5.66. The van der Waals surface area contributed by atoms with Gasteiger partial charge in [-0.15, -0.1) is 0 Å². The van der Waals surface area contributed by atoms with E-state index in [0.717, 1.165) is 11.5 Å². The van der Waals surface area contributed by atoms with Crippen LogP contribution in [0, 0.1) is 12.8 Å². The highest BCUT2D eigenvalue weighted by molar-refractivity contribution is 5.85. The van der Waals surface area contributed by atoms with Gasteiger partial charge in [-0.1, -0.05) is 25.0 Å². The first-order chi connectivity index (χ1) is 7.25. The highest BCUT2D eigenvalue weighted by Crippen LogP contribution is 2.26. The molecule has 2 rings (SSSR count). The Morgan fingerprint density at radius 1 is 1.33 bits per heavy atom. The molecule has 2 N–H and O–H groups in total. The Kier molecular flexibility index (Phi) is 3.05. The number of hydrogen-bond acceptors (Lipinski definition) is 1. The molecule has 80 valence electrons. The largest absolute Gasteiger partial charge is 0.387 e. The number of amidine groups is 1. The van der Waals surface area contributed by atoms with Gasteiger partial charge in [-0.2, -0.15) is 0 Å². The van der Waals surface area contributed by atoms with Crippen LogP contribution < -0.4 is 5.73 Å². The van der Waals surface area contributed by atoms with Crippen LogP contribution in [0.4, 0.5) is 5.69 Å². The normalized spacial score (nSPS) is 18.3. The molecular formula is C13H18N2. The summed E-state index contributed by atoms with van der Waals surface area (Å²) in [4.78, 5) is 4.50. The van der Waals surface area contributed by atoms with Gasteiger partial charge in [0.1, 0.15) is 5.84 Å². The topological polar surface area (TPSA) is 38.4 Å². The second-order valence-electron chi connectivity index (χ2n) is 4.36. The van der Waals surface area contributed by atoms with Crippen LogP contribution in [0.15, 0.2) is 29.3 Å². The van der Waals surface area contributed by atoms with Gasteiger partial charge in [0.25, 0.3) is 0 Å². The first kappa shape index (κ1) is 10.2. The Labute approximate surface area is 91.2 Å². The Balaban J connectivity index is 2.14. The fraction of sp³-hybridized carbons (Fsp3) is 0.462. The molecule has 1 aliphatic carbocycles. The first-order valence-electron chi connectivity index (χ1n) is 5.66. The maximum Gasteiger partial charge on any atom is 0.103 e. The molecular weight excluding hydrogens is 184 g/mol. The summed E-state index contributed by atoms with van der Waals surface area (Å²) in [5.41, 5.74) is 8.23. The molecule has 1 aliphatic rings. The van der Waals surface area contributed by atoms with Crippen LogP contribution in [0.3, 0.4) is 0 Å². The van der Waals surface area contributed by atoms with Crippen molar-refractivity contribution in [3.63, 3.8) is 0 Å². The Bertz CT molecular complexity index is 363. The van der Waals surface area contributed by atoms with Gasteiger partial charge < -0.3 is 5.73 Å². The third-order valence-corrected chi connectivity index (χ3v) is 3.03. The average Bonchev–Trinajstić information content (AvgIpc) is 2.70. The number of rotatable bonds is 2. The molecule has 0 spiro atoms. The second kappa shape index (κ2) is 4.47. The van der Waals surface area contributed by atoms with E-state index < -0.39 is 0 Å². The molecule has 1 saturated carbocycles. The molecule has 0 aromatic heterocycles. The number of nitrogens with two attached hydrogens (primary N) is 1. The van der Waals surface area contributed by atoms with Crippen LogP contribution in [-0.4, -0.2) is 5.84 Å². The van der Waals surface area contributed by atoms with Crippen molar-refractivity contribution < 1.29 is 0 Å². The van der Waals surface area contributed by atoms with Crippen LogP contribution >= 0.6 is 0 Å². The van der Waals surface area contributed by atoms with Gasteiger partial charge in [0.05, 0.1) is 5.69 Å². The summed E-state index contributed by atoms with van der Waals surface area (Å²) in [5, 5.41) is 0. The van der Waals surface area contributed by atoms with E-state index in [0.29, 0.717) is 5.92 Å². The third kappa shape index (κ3) is 2.58. The molecule has 0 radical (unpaired) electrons. The number of benzene rings is 1. The van der Waals surface area contributed by atoms with Gasteiger partial charge in [-0.3, -0.25) is 0 Å². The predicted molar refractivity (Wildman–Crippen MR) is 64.4 cm³/mol. The van der Waals surface area contributed by atoms with Gasteiger partial charge in [0.15, 0.2) is 0 Å². The molecule has 15 heavy (non-hydrogen) atoms. The summed E-state index contributed by atoms with van der Waals surface area (Å²) in [5.74, 6) is 1.34. The van der Waals surface area contributed by atoms with Crippen molar-refractivity contribution in [1.82, 2.24) is 0 Å². The fourth-order valence-electron chi connectivity index (χ4n) is 2.16. The van der Waals surface area contributed by atoms with E-state index in [1.165, 1.54) is 31.2 Å². The fourth-order valence-corrected chi connectivity index (χ4v) is 2.16. The second-order valence-corrected chi connectivity index (χ2v) is 4.36. The third-order valence-electron chi connectivity index (χ3n) is 3.03. The smallest absolute Gasteiger partial charge is 0.103 e. The lowest BCUT2D eigenvalue weighted by molar-refractivity contribution is 0.722. The van der Waals surface area contributed by atoms with Gasteiger partial charge in [-0.25, -0.2) is 4.99 Å². The summed E-state index contributed by atoms with van der Waals surface area (Å²) in [6.45, 7) is 2.07. The van der Waals surface area contributed by atoms with Gasteiger partial charge in [-0.05, 0) is 37.5 Å². The Morgan fingerprint density at radius 2 is 2.07 bits per heavy atom. The molecule has 0 amide bonds. The van der Waals surface area contributed by atoms with E-state index in [1.807, 2.05) is 12.1 Å². The molecule has 1 fully saturated rings. The highest BCUT2D eigenvalue weighted by atomic mass is 14.9. The van der Waals surface area contributed by atoms with Crippen molar-refractivity contribution >= 4 is 11.5 Å². The zero-order chi connectivity index (χ0) is 10.7. The van der Waals surface area contributed by atoms with Crippen LogP contribution in [0.1, 0.15) is 31.2 Å². The van der Waals surface area contributed by atoms with Crippen molar-refractivity contribution in [1.29, 1.82) is 0 Å². The van der Waals surface area contributed by atoms with Crippen LogP contribution in [0.5, 0.6) is 0 Å². The van der Waals surface area contributed by atoms with Crippen LogP contribution in [0.25, 0.3) is 0 Å². The van der Waals surface area contributed by atoms with Crippen molar-refractivity contribution in [3.05, 3.63) is 29.8 Å². The van der Waals surface area contributed by atoms with Gasteiger partial charge >= 0.3 is 0 Å². The van der Waals surface area contributed by atoms with E-state index >= 15 is 0 Å². The lowest BCUT2D eigenvalue weighted by Crippen LogP contribution is -2.20. The zero-order valence-electron chi connectivity index (χ0n) is 9.24. The number of aliphatic imine (C=N–C) groups is 1. The van der Waals surface area contributed by atoms with E-state index in [-0.39, 0.29) is 0 Å². The number of aryl methyl sites for hydroxylation is 1. The molecule has 0 aliphatic heterocycles. The Hall–Kier alpha value is -1.31. The van der Waals surface area contributed by atoms with E-state index in [1.54, 1.807) is 0 Å². The van der Waals surface area contributed by atoms with Gasteiger partial charge in [0, 0.05) is 5.92 Å². The lowest BCUT2D eigenvalue weighted by Gasteiger charge is -2.07. The Morgan fingerprint density at radius 3 is 2.73 bits per heavy atom. The number of nitrogens with zero attached hydrogens (tertiary/aromatic N) is 1. The van der Waals surface area contributed by atoms with Crippen LogP contribution in [0.2, 0.25) is 0 Å². The summed E-state index contributed by atoms with van der Waals surface area (Å²) in [6.07, 6.45) is 5.02. The molecule has 0 atom stereocenters. The zero-order valence-corrected chi connectivity index (χ0v) is 9.24. The minimum Gasteiger partial charge on any atom is -0.387 e. The highest BCUT2D eigenvalue weighted by Gasteiger charge is 2.18.